The predicted octanol–water partition coefficient (Wildman–Crippen LogP) is 3.57. The first-order valence-corrected chi connectivity index (χ1v) is 8.56. The Morgan fingerprint density at radius 3 is 2.76 bits per heavy atom. The van der Waals surface area contributed by atoms with Crippen LogP contribution in [0.3, 0.4) is 0 Å². The van der Waals surface area contributed by atoms with Crippen LogP contribution in [0.5, 0.6) is 0 Å². The quantitative estimate of drug-likeness (QED) is 0.738. The number of imidazole rings is 1. The van der Waals surface area contributed by atoms with E-state index in [1.165, 1.54) is 0 Å². The summed E-state index contributed by atoms with van der Waals surface area (Å²) in [6.07, 6.45) is 1.64. The molecule has 0 atom stereocenters. The second-order valence-corrected chi connectivity index (χ2v) is 6.46. The van der Waals surface area contributed by atoms with Crippen LogP contribution in [-0.2, 0) is 0 Å². The fourth-order valence-corrected chi connectivity index (χ4v) is 3.24. The minimum Gasteiger partial charge on any atom is -0.368 e. The fourth-order valence-electron chi connectivity index (χ4n) is 3.06. The molecule has 0 unspecified atom stereocenters. The number of aromatic nitrogens is 2. The molecule has 2 N–H and O–H groups in total. The van der Waals surface area contributed by atoms with Gasteiger partial charge in [-0.3, -0.25) is 0 Å². The number of anilines is 2. The summed E-state index contributed by atoms with van der Waals surface area (Å²) in [6, 6.07) is 13.4. The Labute approximate surface area is 150 Å². The molecule has 0 radical (unpaired) electrons. The third-order valence-corrected chi connectivity index (χ3v) is 4.65. The van der Waals surface area contributed by atoms with E-state index in [-0.39, 0.29) is 6.03 Å². The Balaban J connectivity index is 1.37. The van der Waals surface area contributed by atoms with Gasteiger partial charge in [0.05, 0.1) is 17.4 Å². The van der Waals surface area contributed by atoms with Crippen molar-refractivity contribution in [1.82, 2.24) is 14.9 Å². The Morgan fingerprint density at radius 2 is 1.96 bits per heavy atom. The summed E-state index contributed by atoms with van der Waals surface area (Å²) in [5.74, 6) is 0. The summed E-state index contributed by atoms with van der Waals surface area (Å²) in [7, 11) is 0. The number of rotatable bonds is 2. The number of nitrogens with one attached hydrogen (secondary N) is 2. The predicted molar refractivity (Wildman–Crippen MR) is 100 cm³/mol. The van der Waals surface area contributed by atoms with Crippen LogP contribution in [0, 0.1) is 0 Å². The second-order valence-electron chi connectivity index (χ2n) is 6.02. The minimum atomic E-state index is -0.0791. The monoisotopic (exact) mass is 355 g/mol. The molecule has 0 aliphatic carbocycles. The number of nitrogens with zero attached hydrogens (tertiary/aromatic N) is 3. The smallest absolute Gasteiger partial charge is 0.321 e. The van der Waals surface area contributed by atoms with E-state index in [9.17, 15) is 4.79 Å². The lowest BCUT2D eigenvalue weighted by molar-refractivity contribution is 0.208. The van der Waals surface area contributed by atoms with Crippen molar-refractivity contribution in [2.24, 2.45) is 0 Å². The molecule has 2 aromatic carbocycles. The zero-order valence-corrected chi connectivity index (χ0v) is 14.3. The van der Waals surface area contributed by atoms with Gasteiger partial charge in [0.1, 0.15) is 0 Å². The molecule has 1 aliphatic rings. The maximum atomic E-state index is 12.5. The molecule has 128 valence electrons. The molecule has 1 aliphatic heterocycles. The van der Waals surface area contributed by atoms with Crippen LogP contribution in [0.15, 0.2) is 48.8 Å². The van der Waals surface area contributed by atoms with E-state index in [0.717, 1.165) is 40.5 Å². The molecule has 1 saturated heterocycles. The van der Waals surface area contributed by atoms with E-state index in [1.54, 1.807) is 6.33 Å². The molecular weight excluding hydrogens is 338 g/mol. The molecule has 0 saturated carbocycles. The average molecular weight is 356 g/mol. The number of benzene rings is 2. The maximum Gasteiger partial charge on any atom is 0.321 e. The Hall–Kier alpha value is -2.73. The normalized spacial score (nSPS) is 14.8. The highest BCUT2D eigenvalue weighted by molar-refractivity contribution is 6.30. The standard InChI is InChI=1S/C18H18ClN5O/c19-13-2-1-3-15(10-13)23-6-8-24(9-7-23)18(25)22-14-4-5-16-17(11-14)21-12-20-16/h1-5,10-12H,6-9H2,(H,20,21)(H,22,25). The van der Waals surface area contributed by atoms with Crippen LogP contribution in [0.4, 0.5) is 16.2 Å². The van der Waals surface area contributed by atoms with Gasteiger partial charge in [-0.05, 0) is 36.4 Å². The largest absolute Gasteiger partial charge is 0.368 e. The first kappa shape index (κ1) is 15.8. The maximum absolute atomic E-state index is 12.5. The number of hydrogen-bond donors (Lipinski definition) is 2. The van der Waals surface area contributed by atoms with Crippen molar-refractivity contribution in [2.75, 3.05) is 36.4 Å². The summed E-state index contributed by atoms with van der Waals surface area (Å²) >= 11 is 6.06. The molecule has 7 heteroatoms. The van der Waals surface area contributed by atoms with Gasteiger partial charge in [-0.2, -0.15) is 0 Å². The second kappa shape index (κ2) is 6.64. The zero-order chi connectivity index (χ0) is 17.2. The van der Waals surface area contributed by atoms with Crippen molar-refractivity contribution < 1.29 is 4.79 Å². The first-order chi connectivity index (χ1) is 12.2. The molecule has 25 heavy (non-hydrogen) atoms. The number of H-pyrrole nitrogens is 1. The van der Waals surface area contributed by atoms with E-state index in [4.69, 9.17) is 11.6 Å². The number of hydrogen-bond acceptors (Lipinski definition) is 3. The van der Waals surface area contributed by atoms with Gasteiger partial charge in [-0.15, -0.1) is 0 Å². The van der Waals surface area contributed by atoms with Crippen molar-refractivity contribution >= 4 is 40.0 Å². The highest BCUT2D eigenvalue weighted by Crippen LogP contribution is 2.21. The number of carbonyl (C=O) groups excluding carboxylic acids is 1. The van der Waals surface area contributed by atoms with Crippen LogP contribution in [0.1, 0.15) is 0 Å². The molecule has 4 rings (SSSR count). The van der Waals surface area contributed by atoms with Crippen molar-refractivity contribution in [3.05, 3.63) is 53.8 Å². The highest BCUT2D eigenvalue weighted by Gasteiger charge is 2.21. The topological polar surface area (TPSA) is 64.3 Å². The number of fused-ring (bicyclic) bond motifs is 1. The van der Waals surface area contributed by atoms with Gasteiger partial charge < -0.3 is 20.1 Å². The number of halogens is 1. The summed E-state index contributed by atoms with van der Waals surface area (Å²) in [5.41, 5.74) is 3.65. The molecule has 3 aromatic rings. The number of urea groups is 1. The van der Waals surface area contributed by atoms with Gasteiger partial charge in [0.2, 0.25) is 0 Å². The first-order valence-electron chi connectivity index (χ1n) is 8.19. The van der Waals surface area contributed by atoms with Crippen molar-refractivity contribution in [3.63, 3.8) is 0 Å². The molecule has 1 aromatic heterocycles. The third kappa shape index (κ3) is 3.39. The fraction of sp³-hybridized carbons (Fsp3) is 0.222. The molecule has 2 heterocycles. The molecule has 1 fully saturated rings. The van der Waals surface area contributed by atoms with E-state index < -0.39 is 0 Å². The molecular formula is C18H18ClN5O. The SMILES string of the molecule is O=C(Nc1ccc2nc[nH]c2c1)N1CCN(c2cccc(Cl)c2)CC1. The van der Waals surface area contributed by atoms with Crippen molar-refractivity contribution in [2.45, 2.75) is 0 Å². The van der Waals surface area contributed by atoms with Gasteiger partial charge in [0, 0.05) is 42.6 Å². The molecule has 0 spiro atoms. The number of amides is 2. The van der Waals surface area contributed by atoms with Crippen LogP contribution in [-0.4, -0.2) is 47.1 Å². The van der Waals surface area contributed by atoms with Crippen molar-refractivity contribution in [1.29, 1.82) is 0 Å². The lowest BCUT2D eigenvalue weighted by atomic mass is 10.2. The average Bonchev–Trinajstić information content (AvgIpc) is 3.09. The Kier molecular flexibility index (Phi) is 4.19. The number of carbonyl (C=O) groups is 1. The van der Waals surface area contributed by atoms with Crippen LogP contribution in [0.2, 0.25) is 5.02 Å². The van der Waals surface area contributed by atoms with Crippen molar-refractivity contribution in [3.8, 4) is 0 Å². The highest BCUT2D eigenvalue weighted by atomic mass is 35.5. The van der Waals surface area contributed by atoms with E-state index in [1.807, 2.05) is 47.4 Å². The van der Waals surface area contributed by atoms with Gasteiger partial charge in [-0.25, -0.2) is 9.78 Å². The van der Waals surface area contributed by atoms with E-state index in [0.29, 0.717) is 13.1 Å². The lowest BCUT2D eigenvalue weighted by Gasteiger charge is -2.36. The minimum absolute atomic E-state index is 0.0791. The zero-order valence-electron chi connectivity index (χ0n) is 13.6. The Bertz CT molecular complexity index is 901. The van der Waals surface area contributed by atoms with Gasteiger partial charge in [-0.1, -0.05) is 17.7 Å². The van der Waals surface area contributed by atoms with Crippen LogP contribution < -0.4 is 10.2 Å². The lowest BCUT2D eigenvalue weighted by Crippen LogP contribution is -2.50. The summed E-state index contributed by atoms with van der Waals surface area (Å²) in [6.45, 7) is 2.91. The molecule has 6 nitrogen and oxygen atoms in total. The van der Waals surface area contributed by atoms with Gasteiger partial charge in [0.25, 0.3) is 0 Å². The van der Waals surface area contributed by atoms with E-state index in [2.05, 4.69) is 20.2 Å². The third-order valence-electron chi connectivity index (χ3n) is 4.41. The molecule has 0 bridgehead atoms. The van der Waals surface area contributed by atoms with Gasteiger partial charge in [0.15, 0.2) is 0 Å². The van der Waals surface area contributed by atoms with E-state index >= 15 is 0 Å². The summed E-state index contributed by atoms with van der Waals surface area (Å²) in [4.78, 5) is 23.8. The molecule has 2 amide bonds. The van der Waals surface area contributed by atoms with Crippen LogP contribution >= 0.6 is 11.6 Å². The van der Waals surface area contributed by atoms with Crippen LogP contribution in [0.25, 0.3) is 11.0 Å². The summed E-state index contributed by atoms with van der Waals surface area (Å²) in [5, 5.41) is 3.69. The Morgan fingerprint density at radius 1 is 1.12 bits per heavy atom. The summed E-state index contributed by atoms with van der Waals surface area (Å²) < 4.78 is 0. The number of piperazine rings is 1. The number of aromatic amines is 1. The van der Waals surface area contributed by atoms with Gasteiger partial charge >= 0.3 is 6.03 Å².